The van der Waals surface area contributed by atoms with E-state index in [2.05, 4.69) is 12.7 Å². The molecule has 0 amide bonds. The van der Waals surface area contributed by atoms with Gasteiger partial charge in [0.25, 0.3) is 0 Å². The van der Waals surface area contributed by atoms with Gasteiger partial charge in [0.05, 0.1) is 30.5 Å². The molecule has 0 spiro atoms. The Labute approximate surface area is 183 Å². The third-order valence-electron chi connectivity index (χ3n) is 5.81. The first kappa shape index (κ1) is 26.4. The molecule has 2 fully saturated rings. The van der Waals surface area contributed by atoms with Crippen LogP contribution >= 0.6 is 0 Å². The highest BCUT2D eigenvalue weighted by Crippen LogP contribution is 2.32. The Morgan fingerprint density at radius 3 is 2.32 bits per heavy atom. The summed E-state index contributed by atoms with van der Waals surface area (Å²) in [5, 5.41) is 50.6. The lowest BCUT2D eigenvalue weighted by atomic mass is 9.97. The molecular weight excluding hydrogens is 408 g/mol. The van der Waals surface area contributed by atoms with Crippen molar-refractivity contribution < 1.29 is 44.5 Å². The van der Waals surface area contributed by atoms with E-state index in [0.717, 1.165) is 6.42 Å². The number of aliphatic hydroxyl groups excluding tert-OH is 5. The maximum Gasteiger partial charge on any atom is 0.187 e. The van der Waals surface area contributed by atoms with E-state index in [9.17, 15) is 25.5 Å². The van der Waals surface area contributed by atoms with E-state index in [1.165, 1.54) is 5.57 Å². The van der Waals surface area contributed by atoms with Crippen molar-refractivity contribution in [2.75, 3.05) is 6.61 Å². The minimum Gasteiger partial charge on any atom is -0.394 e. The smallest absolute Gasteiger partial charge is 0.187 e. The van der Waals surface area contributed by atoms with E-state index < -0.39 is 60.9 Å². The van der Waals surface area contributed by atoms with Gasteiger partial charge in [0, 0.05) is 6.42 Å². The SMILES string of the molecule is C=CC(C)(CCC=C(C)C)O[C@@H]1O[C@@H](CO)C[C@@H](O[C@@H]2O[C@@H](C)[C@H](O)[C@@H](O)[C@H]2O)[C@H]1O. The van der Waals surface area contributed by atoms with Gasteiger partial charge in [-0.3, -0.25) is 0 Å². The van der Waals surface area contributed by atoms with Crippen molar-refractivity contribution in [3.8, 4) is 0 Å². The molecule has 2 saturated heterocycles. The second-order valence-corrected chi connectivity index (χ2v) is 8.85. The summed E-state index contributed by atoms with van der Waals surface area (Å²) in [6.07, 6.45) is -4.99. The summed E-state index contributed by atoms with van der Waals surface area (Å²) in [4.78, 5) is 0. The van der Waals surface area contributed by atoms with Crippen LogP contribution in [0, 0.1) is 0 Å². The topological polar surface area (TPSA) is 138 Å². The Morgan fingerprint density at radius 1 is 1.06 bits per heavy atom. The number of hydrogen-bond acceptors (Lipinski definition) is 9. The Bertz CT molecular complexity index is 608. The summed E-state index contributed by atoms with van der Waals surface area (Å²) >= 11 is 0. The van der Waals surface area contributed by atoms with Crippen LogP contribution in [0.25, 0.3) is 0 Å². The van der Waals surface area contributed by atoms with E-state index >= 15 is 0 Å². The Hall–Kier alpha value is -0.880. The average molecular weight is 447 g/mol. The molecule has 0 aromatic heterocycles. The van der Waals surface area contributed by atoms with Crippen LogP contribution in [0.5, 0.6) is 0 Å². The van der Waals surface area contributed by atoms with E-state index in [4.69, 9.17) is 18.9 Å². The fourth-order valence-electron chi connectivity index (χ4n) is 3.67. The molecule has 1 unspecified atom stereocenters. The fraction of sp³-hybridized carbons (Fsp3) is 0.818. The summed E-state index contributed by atoms with van der Waals surface area (Å²) in [7, 11) is 0. The number of ether oxygens (including phenoxy) is 4. The van der Waals surface area contributed by atoms with Crippen molar-refractivity contribution in [1.82, 2.24) is 0 Å². The summed E-state index contributed by atoms with van der Waals surface area (Å²) in [6.45, 7) is 10.9. The lowest BCUT2D eigenvalue weighted by molar-refractivity contribution is -0.346. The summed E-state index contributed by atoms with van der Waals surface area (Å²) in [5.41, 5.74) is 0.386. The van der Waals surface area contributed by atoms with Crippen molar-refractivity contribution in [2.24, 2.45) is 0 Å². The zero-order valence-corrected chi connectivity index (χ0v) is 18.8. The van der Waals surface area contributed by atoms with Gasteiger partial charge in [0.2, 0.25) is 0 Å². The van der Waals surface area contributed by atoms with Gasteiger partial charge < -0.3 is 44.5 Å². The summed E-state index contributed by atoms with van der Waals surface area (Å²) < 4.78 is 23.0. The maximum absolute atomic E-state index is 10.9. The molecular formula is C22H38O9. The Balaban J connectivity index is 2.10. The molecule has 2 aliphatic heterocycles. The highest BCUT2D eigenvalue weighted by Gasteiger charge is 2.47. The highest BCUT2D eigenvalue weighted by atomic mass is 16.7. The van der Waals surface area contributed by atoms with Gasteiger partial charge in [-0.25, -0.2) is 0 Å². The van der Waals surface area contributed by atoms with Crippen LogP contribution < -0.4 is 0 Å². The van der Waals surface area contributed by atoms with E-state index in [1.54, 1.807) is 13.0 Å². The third kappa shape index (κ3) is 6.80. The first-order valence-electron chi connectivity index (χ1n) is 10.8. The van der Waals surface area contributed by atoms with Crippen LogP contribution in [0.3, 0.4) is 0 Å². The van der Waals surface area contributed by atoms with Gasteiger partial charge >= 0.3 is 0 Å². The molecule has 0 saturated carbocycles. The van der Waals surface area contributed by atoms with Crippen molar-refractivity contribution in [3.05, 3.63) is 24.3 Å². The molecule has 0 aliphatic carbocycles. The third-order valence-corrected chi connectivity index (χ3v) is 5.81. The predicted octanol–water partition coefficient (Wildman–Crippen LogP) is 0.375. The standard InChI is InChI=1S/C22H38O9/c1-6-22(5,9-7-8-12(2)3)31-21-17(25)15(10-14(11-23)29-21)30-20-19(27)18(26)16(24)13(4)28-20/h6,8,13-21,23-27H,1,7,9-11H2,2-5H3/t13-,14+,15+,16-,17+,18+,19+,20-,21-,22?/m0/s1. The normalized spacial score (nSPS) is 40.7. The van der Waals surface area contributed by atoms with Crippen molar-refractivity contribution in [1.29, 1.82) is 0 Å². The largest absolute Gasteiger partial charge is 0.394 e. The number of rotatable bonds is 9. The first-order valence-corrected chi connectivity index (χ1v) is 10.8. The van der Waals surface area contributed by atoms with Crippen LogP contribution in [0.2, 0.25) is 0 Å². The van der Waals surface area contributed by atoms with Gasteiger partial charge in [-0.2, -0.15) is 0 Å². The van der Waals surface area contributed by atoms with Gasteiger partial charge in [-0.1, -0.05) is 17.7 Å². The molecule has 0 radical (unpaired) electrons. The quantitative estimate of drug-likeness (QED) is 0.318. The van der Waals surface area contributed by atoms with Crippen molar-refractivity contribution in [3.63, 3.8) is 0 Å². The molecule has 5 N–H and O–H groups in total. The molecule has 0 aromatic carbocycles. The summed E-state index contributed by atoms with van der Waals surface area (Å²) in [6, 6.07) is 0. The fourth-order valence-corrected chi connectivity index (χ4v) is 3.67. The Morgan fingerprint density at radius 2 is 1.74 bits per heavy atom. The van der Waals surface area contributed by atoms with Crippen molar-refractivity contribution >= 4 is 0 Å². The summed E-state index contributed by atoms with van der Waals surface area (Å²) in [5.74, 6) is 0. The number of allylic oxidation sites excluding steroid dienone is 2. The first-order chi connectivity index (χ1) is 14.5. The second-order valence-electron chi connectivity index (χ2n) is 8.85. The molecule has 0 aromatic rings. The maximum atomic E-state index is 10.9. The lowest BCUT2D eigenvalue weighted by Gasteiger charge is -2.45. The minimum absolute atomic E-state index is 0.125. The second kappa shape index (κ2) is 11.3. The monoisotopic (exact) mass is 446 g/mol. The van der Waals surface area contributed by atoms with Crippen LogP contribution in [0.15, 0.2) is 24.3 Å². The van der Waals surface area contributed by atoms with Crippen LogP contribution in [0.1, 0.15) is 47.0 Å². The molecule has 9 nitrogen and oxygen atoms in total. The van der Waals surface area contributed by atoms with Gasteiger partial charge in [0.1, 0.15) is 24.4 Å². The highest BCUT2D eigenvalue weighted by molar-refractivity contribution is 5.00. The molecule has 10 atom stereocenters. The van der Waals surface area contributed by atoms with Crippen LogP contribution in [-0.4, -0.2) is 93.0 Å². The average Bonchev–Trinajstić information content (AvgIpc) is 2.72. The van der Waals surface area contributed by atoms with E-state index in [0.29, 0.717) is 6.42 Å². The number of aliphatic hydroxyl groups is 5. The van der Waals surface area contributed by atoms with Gasteiger partial charge in [-0.15, -0.1) is 6.58 Å². The zero-order chi connectivity index (χ0) is 23.3. The minimum atomic E-state index is -1.50. The molecule has 180 valence electrons. The zero-order valence-electron chi connectivity index (χ0n) is 18.8. The number of hydrogen-bond donors (Lipinski definition) is 5. The van der Waals surface area contributed by atoms with Crippen LogP contribution in [-0.2, 0) is 18.9 Å². The molecule has 2 aliphatic rings. The van der Waals surface area contributed by atoms with Crippen LogP contribution in [0.4, 0.5) is 0 Å². The van der Waals surface area contributed by atoms with E-state index in [-0.39, 0.29) is 13.0 Å². The molecule has 31 heavy (non-hydrogen) atoms. The van der Waals surface area contributed by atoms with Crippen molar-refractivity contribution in [2.45, 2.75) is 108 Å². The van der Waals surface area contributed by atoms with Gasteiger partial charge in [0.15, 0.2) is 12.6 Å². The molecule has 2 rings (SSSR count). The predicted molar refractivity (Wildman–Crippen MR) is 112 cm³/mol. The molecule has 0 bridgehead atoms. The molecule has 2 heterocycles. The lowest BCUT2D eigenvalue weighted by Crippen LogP contribution is -2.60. The Kier molecular flexibility index (Phi) is 9.62. The van der Waals surface area contributed by atoms with Gasteiger partial charge in [-0.05, 0) is 40.5 Å². The molecule has 9 heteroatoms. The van der Waals surface area contributed by atoms with E-state index in [1.807, 2.05) is 20.8 Å².